The molecular formula is C11H14FN5. The van der Waals surface area contributed by atoms with Crippen LogP contribution in [-0.2, 0) is 0 Å². The first kappa shape index (κ1) is 10.4. The predicted octanol–water partition coefficient (Wildman–Crippen LogP) is 2.24. The Hall–Kier alpha value is -1.72. The third kappa shape index (κ3) is 2.07. The summed E-state index contributed by atoms with van der Waals surface area (Å²) in [6.45, 7) is 0. The van der Waals surface area contributed by atoms with Crippen LogP contribution in [0.2, 0.25) is 0 Å². The van der Waals surface area contributed by atoms with Crippen LogP contribution in [-0.4, -0.2) is 26.0 Å². The smallest absolute Gasteiger partial charge is 0.312 e. The molecule has 6 heteroatoms. The molecule has 1 fully saturated rings. The second-order valence-electron chi connectivity index (χ2n) is 4.42. The number of aromatic nitrogens is 4. The van der Waals surface area contributed by atoms with Crippen LogP contribution in [0.15, 0.2) is 6.33 Å². The van der Waals surface area contributed by atoms with Crippen molar-refractivity contribution < 1.29 is 4.39 Å². The van der Waals surface area contributed by atoms with Crippen molar-refractivity contribution in [3.8, 4) is 0 Å². The van der Waals surface area contributed by atoms with E-state index in [0.717, 1.165) is 12.8 Å². The van der Waals surface area contributed by atoms with Crippen molar-refractivity contribution in [1.82, 2.24) is 19.9 Å². The molecule has 17 heavy (non-hydrogen) atoms. The molecule has 0 aromatic carbocycles. The maximum Gasteiger partial charge on any atom is 0.312 e. The molecule has 0 spiro atoms. The predicted molar refractivity (Wildman–Crippen MR) is 62.1 cm³/mol. The van der Waals surface area contributed by atoms with E-state index in [1.54, 1.807) is 0 Å². The highest BCUT2D eigenvalue weighted by atomic mass is 19.1. The molecule has 1 aliphatic rings. The van der Waals surface area contributed by atoms with Gasteiger partial charge in [0.25, 0.3) is 0 Å². The molecule has 2 heterocycles. The summed E-state index contributed by atoms with van der Waals surface area (Å²) in [5.74, 6) is 0.525. The van der Waals surface area contributed by atoms with Crippen molar-refractivity contribution in [3.63, 3.8) is 0 Å². The highest BCUT2D eigenvalue weighted by Gasteiger charge is 2.16. The molecule has 5 nitrogen and oxygen atoms in total. The van der Waals surface area contributed by atoms with E-state index in [0.29, 0.717) is 23.0 Å². The minimum atomic E-state index is -0.733. The average molecular weight is 235 g/mol. The van der Waals surface area contributed by atoms with E-state index >= 15 is 0 Å². The number of H-pyrrole nitrogens is 1. The molecule has 0 atom stereocenters. The molecule has 0 saturated heterocycles. The minimum Gasteiger partial charge on any atom is -0.365 e. The van der Waals surface area contributed by atoms with Crippen LogP contribution in [0.1, 0.15) is 32.1 Å². The molecule has 2 aromatic rings. The summed E-state index contributed by atoms with van der Waals surface area (Å²) in [5, 5.41) is 3.29. The van der Waals surface area contributed by atoms with Crippen molar-refractivity contribution >= 4 is 17.0 Å². The molecule has 1 saturated carbocycles. The number of anilines is 1. The number of aromatic amines is 1. The van der Waals surface area contributed by atoms with E-state index in [1.807, 2.05) is 0 Å². The van der Waals surface area contributed by atoms with Gasteiger partial charge in [0.1, 0.15) is 5.52 Å². The van der Waals surface area contributed by atoms with Crippen LogP contribution in [0.3, 0.4) is 0 Å². The summed E-state index contributed by atoms with van der Waals surface area (Å²) in [6, 6.07) is 0.379. The number of nitrogens with zero attached hydrogens (tertiary/aromatic N) is 3. The Morgan fingerprint density at radius 1 is 1.24 bits per heavy atom. The van der Waals surface area contributed by atoms with Crippen LogP contribution >= 0.6 is 0 Å². The standard InChI is InChI=1S/C11H14FN5/c12-11-16-9-8(13-6-14-9)10(17-11)15-7-4-2-1-3-5-7/h6-7H,1-5H2,(H2,13,14,15,16,17). The van der Waals surface area contributed by atoms with Gasteiger partial charge in [-0.1, -0.05) is 19.3 Å². The summed E-state index contributed by atoms with van der Waals surface area (Å²) in [7, 11) is 0. The minimum absolute atomic E-state index is 0.371. The van der Waals surface area contributed by atoms with E-state index in [4.69, 9.17) is 0 Å². The maximum absolute atomic E-state index is 13.2. The van der Waals surface area contributed by atoms with Crippen molar-refractivity contribution in [2.45, 2.75) is 38.1 Å². The molecule has 3 rings (SSSR count). The fraction of sp³-hybridized carbons (Fsp3) is 0.545. The van der Waals surface area contributed by atoms with Crippen LogP contribution in [0.4, 0.5) is 10.2 Å². The normalized spacial score (nSPS) is 17.5. The van der Waals surface area contributed by atoms with Crippen molar-refractivity contribution in [1.29, 1.82) is 0 Å². The topological polar surface area (TPSA) is 66.5 Å². The maximum atomic E-state index is 13.2. The van der Waals surface area contributed by atoms with Gasteiger partial charge in [-0.2, -0.15) is 14.4 Å². The SMILES string of the molecule is Fc1nc(NC2CCCCC2)c2[nH]cnc2n1. The molecule has 2 N–H and O–H groups in total. The first-order valence-electron chi connectivity index (χ1n) is 5.96. The quantitative estimate of drug-likeness (QED) is 0.783. The third-order valence-corrected chi connectivity index (χ3v) is 3.20. The Balaban J connectivity index is 1.90. The van der Waals surface area contributed by atoms with Crippen LogP contribution in [0, 0.1) is 6.08 Å². The van der Waals surface area contributed by atoms with E-state index in [1.165, 1.54) is 25.6 Å². The molecule has 0 bridgehead atoms. The Morgan fingerprint density at radius 2 is 2.06 bits per heavy atom. The number of halogens is 1. The molecule has 90 valence electrons. The molecule has 0 amide bonds. The zero-order valence-corrected chi connectivity index (χ0v) is 9.41. The van der Waals surface area contributed by atoms with Gasteiger partial charge in [0.2, 0.25) is 0 Å². The number of fused-ring (bicyclic) bond motifs is 1. The van der Waals surface area contributed by atoms with Gasteiger partial charge in [0.15, 0.2) is 11.5 Å². The van der Waals surface area contributed by atoms with Gasteiger partial charge < -0.3 is 10.3 Å². The van der Waals surface area contributed by atoms with E-state index < -0.39 is 6.08 Å². The second-order valence-corrected chi connectivity index (χ2v) is 4.42. The number of hydrogen-bond acceptors (Lipinski definition) is 4. The molecule has 2 aromatic heterocycles. The first-order chi connectivity index (χ1) is 8.33. The fourth-order valence-electron chi connectivity index (χ4n) is 2.35. The number of imidazole rings is 1. The molecule has 0 radical (unpaired) electrons. The molecule has 0 unspecified atom stereocenters. The number of nitrogens with one attached hydrogen (secondary N) is 2. The van der Waals surface area contributed by atoms with Gasteiger partial charge in [0.05, 0.1) is 6.33 Å². The largest absolute Gasteiger partial charge is 0.365 e. The number of hydrogen-bond donors (Lipinski definition) is 2. The van der Waals surface area contributed by atoms with Crippen molar-refractivity contribution in [2.24, 2.45) is 0 Å². The summed E-state index contributed by atoms with van der Waals surface area (Å²) in [5.41, 5.74) is 1.05. The van der Waals surface area contributed by atoms with Crippen LogP contribution < -0.4 is 5.32 Å². The summed E-state index contributed by atoms with van der Waals surface area (Å²) in [6.07, 6.45) is 6.72. The first-order valence-corrected chi connectivity index (χ1v) is 5.96. The lowest BCUT2D eigenvalue weighted by Gasteiger charge is -2.23. The molecule has 0 aliphatic heterocycles. The Labute approximate surface area is 97.9 Å². The van der Waals surface area contributed by atoms with Crippen molar-refractivity contribution in [2.75, 3.05) is 5.32 Å². The highest BCUT2D eigenvalue weighted by Crippen LogP contribution is 2.23. The zero-order chi connectivity index (χ0) is 11.7. The Morgan fingerprint density at radius 3 is 2.88 bits per heavy atom. The van der Waals surface area contributed by atoms with Gasteiger partial charge >= 0.3 is 6.08 Å². The van der Waals surface area contributed by atoms with Crippen molar-refractivity contribution in [3.05, 3.63) is 12.4 Å². The molecular weight excluding hydrogens is 221 g/mol. The lowest BCUT2D eigenvalue weighted by molar-refractivity contribution is 0.460. The van der Waals surface area contributed by atoms with Gasteiger partial charge in [-0.25, -0.2) is 4.98 Å². The average Bonchev–Trinajstić information content (AvgIpc) is 2.78. The van der Waals surface area contributed by atoms with Gasteiger partial charge in [-0.05, 0) is 12.8 Å². The van der Waals surface area contributed by atoms with Gasteiger partial charge in [-0.3, -0.25) is 0 Å². The molecule has 1 aliphatic carbocycles. The summed E-state index contributed by atoms with van der Waals surface area (Å²) in [4.78, 5) is 14.3. The van der Waals surface area contributed by atoms with Gasteiger partial charge in [0, 0.05) is 6.04 Å². The second kappa shape index (κ2) is 4.27. The van der Waals surface area contributed by atoms with E-state index in [2.05, 4.69) is 25.3 Å². The van der Waals surface area contributed by atoms with E-state index in [-0.39, 0.29) is 0 Å². The Bertz CT molecular complexity index is 518. The monoisotopic (exact) mass is 235 g/mol. The zero-order valence-electron chi connectivity index (χ0n) is 9.41. The Kier molecular flexibility index (Phi) is 2.62. The lowest BCUT2D eigenvalue weighted by atomic mass is 9.95. The number of rotatable bonds is 2. The van der Waals surface area contributed by atoms with E-state index in [9.17, 15) is 4.39 Å². The van der Waals surface area contributed by atoms with Crippen LogP contribution in [0.25, 0.3) is 11.2 Å². The van der Waals surface area contributed by atoms with Gasteiger partial charge in [-0.15, -0.1) is 0 Å². The fourth-order valence-corrected chi connectivity index (χ4v) is 2.35. The van der Waals surface area contributed by atoms with Crippen LogP contribution in [0.5, 0.6) is 0 Å². The highest BCUT2D eigenvalue weighted by molar-refractivity contribution is 5.82. The summed E-state index contributed by atoms with van der Waals surface area (Å²) < 4.78 is 13.2. The summed E-state index contributed by atoms with van der Waals surface area (Å²) >= 11 is 0. The lowest BCUT2D eigenvalue weighted by Crippen LogP contribution is -2.23. The third-order valence-electron chi connectivity index (χ3n) is 3.20.